The zero-order valence-corrected chi connectivity index (χ0v) is 13.3. The van der Waals surface area contributed by atoms with E-state index in [9.17, 15) is 0 Å². The van der Waals surface area contributed by atoms with Crippen LogP contribution in [0.5, 0.6) is 0 Å². The number of rotatable bonds is 4. The fourth-order valence-corrected chi connectivity index (χ4v) is 3.12. The second-order valence-electron chi connectivity index (χ2n) is 5.60. The molecule has 1 aromatic carbocycles. The molecule has 0 aliphatic carbocycles. The molecule has 5 heteroatoms. The molecule has 1 fully saturated rings. The number of aromatic nitrogens is 1. The standard InChI is InChI=1S/C18H17ClN2O2/c19-15-3-1-4-16(11-15)20-7-6-14(12-20)18-21(8-10-23-18)13-17-5-2-9-22-17/h1-7,9,11-12,18H,8,10,13H2/t18-/m1/s1. The van der Waals surface area contributed by atoms with Crippen LogP contribution in [0.4, 0.5) is 0 Å². The Bertz CT molecular complexity index is 782. The van der Waals surface area contributed by atoms with Gasteiger partial charge in [0.15, 0.2) is 0 Å². The molecular formula is C18H17ClN2O2. The fourth-order valence-electron chi connectivity index (χ4n) is 2.93. The van der Waals surface area contributed by atoms with E-state index in [1.165, 1.54) is 0 Å². The van der Waals surface area contributed by atoms with Crippen LogP contribution in [0.1, 0.15) is 17.6 Å². The Labute approximate surface area is 139 Å². The first kappa shape index (κ1) is 14.6. The third-order valence-corrected chi connectivity index (χ3v) is 4.27. The number of nitrogens with zero attached hydrogens (tertiary/aromatic N) is 2. The van der Waals surface area contributed by atoms with Crippen molar-refractivity contribution in [3.63, 3.8) is 0 Å². The molecular weight excluding hydrogens is 312 g/mol. The van der Waals surface area contributed by atoms with Gasteiger partial charge in [-0.3, -0.25) is 4.90 Å². The summed E-state index contributed by atoms with van der Waals surface area (Å²) in [6, 6.07) is 13.8. The topological polar surface area (TPSA) is 30.5 Å². The van der Waals surface area contributed by atoms with Crippen molar-refractivity contribution in [3.05, 3.63) is 77.5 Å². The lowest BCUT2D eigenvalue weighted by Gasteiger charge is -2.21. The summed E-state index contributed by atoms with van der Waals surface area (Å²) in [5, 5.41) is 0.731. The van der Waals surface area contributed by atoms with Crippen molar-refractivity contribution in [3.8, 4) is 5.69 Å². The van der Waals surface area contributed by atoms with Crippen molar-refractivity contribution < 1.29 is 9.15 Å². The number of hydrogen-bond donors (Lipinski definition) is 0. The summed E-state index contributed by atoms with van der Waals surface area (Å²) >= 11 is 6.07. The first-order valence-corrected chi connectivity index (χ1v) is 7.99. The maximum Gasteiger partial charge on any atom is 0.138 e. The Balaban J connectivity index is 1.55. The first-order valence-electron chi connectivity index (χ1n) is 7.61. The Hall–Kier alpha value is -2.01. The maximum atomic E-state index is 6.07. The second-order valence-corrected chi connectivity index (χ2v) is 6.04. The fraction of sp³-hybridized carbons (Fsp3) is 0.222. The van der Waals surface area contributed by atoms with Gasteiger partial charge in [-0.15, -0.1) is 0 Å². The highest BCUT2D eigenvalue weighted by molar-refractivity contribution is 6.30. The molecule has 1 saturated heterocycles. The van der Waals surface area contributed by atoms with E-state index < -0.39 is 0 Å². The van der Waals surface area contributed by atoms with E-state index >= 15 is 0 Å². The second kappa shape index (κ2) is 6.24. The van der Waals surface area contributed by atoms with Gasteiger partial charge in [0.1, 0.15) is 12.0 Å². The van der Waals surface area contributed by atoms with Crippen LogP contribution in [0, 0.1) is 0 Å². The van der Waals surface area contributed by atoms with Crippen LogP contribution < -0.4 is 0 Å². The average molecular weight is 329 g/mol. The molecule has 23 heavy (non-hydrogen) atoms. The molecule has 1 aliphatic heterocycles. The average Bonchev–Trinajstić information content (AvgIpc) is 3.29. The third kappa shape index (κ3) is 3.06. The van der Waals surface area contributed by atoms with Gasteiger partial charge in [0.2, 0.25) is 0 Å². The Morgan fingerprint density at radius 2 is 2.13 bits per heavy atom. The van der Waals surface area contributed by atoms with E-state index in [2.05, 4.69) is 21.7 Å². The minimum atomic E-state index is -0.0412. The molecule has 0 radical (unpaired) electrons. The van der Waals surface area contributed by atoms with Crippen LogP contribution in [0.2, 0.25) is 5.02 Å². The van der Waals surface area contributed by atoms with Gasteiger partial charge in [-0.2, -0.15) is 0 Å². The van der Waals surface area contributed by atoms with Gasteiger partial charge >= 0.3 is 0 Å². The summed E-state index contributed by atoms with van der Waals surface area (Å²) in [5.74, 6) is 0.953. The first-order chi connectivity index (χ1) is 11.3. The van der Waals surface area contributed by atoms with Crippen molar-refractivity contribution in [2.45, 2.75) is 12.8 Å². The van der Waals surface area contributed by atoms with Crippen LogP contribution >= 0.6 is 11.6 Å². The molecule has 0 unspecified atom stereocenters. The third-order valence-electron chi connectivity index (χ3n) is 4.03. The smallest absolute Gasteiger partial charge is 0.138 e. The molecule has 4 rings (SSSR count). The van der Waals surface area contributed by atoms with Gasteiger partial charge in [-0.1, -0.05) is 17.7 Å². The lowest BCUT2D eigenvalue weighted by molar-refractivity contribution is 0.0259. The normalized spacial score (nSPS) is 18.6. The molecule has 3 aromatic rings. The number of furan rings is 1. The summed E-state index contributed by atoms with van der Waals surface area (Å²) in [6.45, 7) is 2.38. The molecule has 1 aliphatic rings. The molecule has 0 N–H and O–H groups in total. The highest BCUT2D eigenvalue weighted by atomic mass is 35.5. The molecule has 4 nitrogen and oxygen atoms in total. The van der Waals surface area contributed by atoms with Crippen LogP contribution in [-0.2, 0) is 11.3 Å². The van der Waals surface area contributed by atoms with Crippen LogP contribution in [-0.4, -0.2) is 22.6 Å². The van der Waals surface area contributed by atoms with Gasteiger partial charge in [0, 0.05) is 35.2 Å². The Morgan fingerprint density at radius 1 is 1.17 bits per heavy atom. The van der Waals surface area contributed by atoms with Crippen LogP contribution in [0.25, 0.3) is 5.69 Å². The van der Waals surface area contributed by atoms with E-state index in [4.69, 9.17) is 20.8 Å². The van der Waals surface area contributed by atoms with E-state index in [0.717, 1.165) is 41.7 Å². The highest BCUT2D eigenvalue weighted by Gasteiger charge is 2.28. The zero-order valence-electron chi connectivity index (χ0n) is 12.6. The summed E-state index contributed by atoms with van der Waals surface area (Å²) in [7, 11) is 0. The van der Waals surface area contributed by atoms with Crippen molar-refractivity contribution in [1.29, 1.82) is 0 Å². The zero-order chi connectivity index (χ0) is 15.6. The monoisotopic (exact) mass is 328 g/mol. The van der Waals surface area contributed by atoms with E-state index in [0.29, 0.717) is 0 Å². The SMILES string of the molecule is Clc1cccc(-n2ccc([C@H]3OCCN3Cc3ccco3)c2)c1. The number of halogens is 1. The van der Waals surface area contributed by atoms with Gasteiger partial charge in [0.25, 0.3) is 0 Å². The molecule has 0 amide bonds. The quantitative estimate of drug-likeness (QED) is 0.717. The van der Waals surface area contributed by atoms with E-state index in [-0.39, 0.29) is 6.23 Å². The summed E-state index contributed by atoms with van der Waals surface area (Å²) in [4.78, 5) is 2.27. The summed E-state index contributed by atoms with van der Waals surface area (Å²) in [5.41, 5.74) is 2.17. The van der Waals surface area contributed by atoms with Gasteiger partial charge in [-0.05, 0) is 36.4 Å². The minimum Gasteiger partial charge on any atom is -0.468 e. The lowest BCUT2D eigenvalue weighted by atomic mass is 10.2. The largest absolute Gasteiger partial charge is 0.468 e. The predicted molar refractivity (Wildman–Crippen MR) is 88.6 cm³/mol. The number of ether oxygens (including phenoxy) is 1. The molecule has 118 valence electrons. The summed E-state index contributed by atoms with van der Waals surface area (Å²) in [6.07, 6.45) is 5.79. The van der Waals surface area contributed by atoms with Crippen molar-refractivity contribution in [1.82, 2.24) is 9.47 Å². The number of benzene rings is 1. The lowest BCUT2D eigenvalue weighted by Crippen LogP contribution is -2.22. The van der Waals surface area contributed by atoms with Gasteiger partial charge in [-0.25, -0.2) is 0 Å². The molecule has 2 aromatic heterocycles. The van der Waals surface area contributed by atoms with Gasteiger partial charge < -0.3 is 13.7 Å². The Kier molecular flexibility index (Phi) is 3.95. The van der Waals surface area contributed by atoms with E-state index in [1.807, 2.05) is 42.6 Å². The molecule has 0 saturated carbocycles. The number of hydrogen-bond acceptors (Lipinski definition) is 3. The summed E-state index contributed by atoms with van der Waals surface area (Å²) < 4.78 is 13.4. The van der Waals surface area contributed by atoms with Crippen molar-refractivity contribution in [2.75, 3.05) is 13.2 Å². The Morgan fingerprint density at radius 3 is 2.96 bits per heavy atom. The van der Waals surface area contributed by atoms with Crippen LogP contribution in [0.15, 0.2) is 65.5 Å². The maximum absolute atomic E-state index is 6.07. The van der Waals surface area contributed by atoms with Crippen molar-refractivity contribution in [2.24, 2.45) is 0 Å². The predicted octanol–water partition coefficient (Wildman–Crippen LogP) is 4.25. The molecule has 0 spiro atoms. The highest BCUT2D eigenvalue weighted by Crippen LogP contribution is 2.29. The molecule has 3 heterocycles. The minimum absolute atomic E-state index is 0.0412. The molecule has 0 bridgehead atoms. The van der Waals surface area contributed by atoms with Gasteiger partial charge in [0.05, 0.1) is 19.4 Å². The van der Waals surface area contributed by atoms with Crippen molar-refractivity contribution >= 4 is 11.6 Å². The van der Waals surface area contributed by atoms with Crippen LogP contribution in [0.3, 0.4) is 0 Å². The van der Waals surface area contributed by atoms with E-state index in [1.54, 1.807) is 6.26 Å². The molecule has 1 atom stereocenters.